The molecule has 1 atom stereocenters. The molecule has 2 aromatic heterocycles. The molecule has 1 unspecified atom stereocenters. The van der Waals surface area contributed by atoms with Gasteiger partial charge in [-0.2, -0.15) is 0 Å². The maximum absolute atomic E-state index is 10.1. The summed E-state index contributed by atoms with van der Waals surface area (Å²) >= 11 is 0. The summed E-state index contributed by atoms with van der Waals surface area (Å²) in [4.78, 5) is 7.74. The van der Waals surface area contributed by atoms with Crippen LogP contribution in [0.3, 0.4) is 0 Å². The van der Waals surface area contributed by atoms with Crippen molar-refractivity contribution in [1.82, 2.24) is 9.97 Å². The summed E-state index contributed by atoms with van der Waals surface area (Å²) < 4.78 is 5.58. The molecule has 0 saturated carbocycles. The minimum absolute atomic E-state index is 0.501. The van der Waals surface area contributed by atoms with Gasteiger partial charge in [-0.1, -0.05) is 18.2 Å². The van der Waals surface area contributed by atoms with Crippen LogP contribution in [0.4, 0.5) is 0 Å². The molecule has 0 aliphatic heterocycles. The molecule has 3 rings (SSSR count). The number of aromatic nitrogens is 2. The Morgan fingerprint density at radius 2 is 1.88 bits per heavy atom. The number of rotatable bonds is 2. The largest absolute Gasteiger partial charge is 0.458 e. The van der Waals surface area contributed by atoms with Gasteiger partial charge in [0.25, 0.3) is 0 Å². The van der Waals surface area contributed by atoms with E-state index >= 15 is 0 Å². The second kappa shape index (κ2) is 3.99. The number of nitrogens with zero attached hydrogens (tertiary/aromatic N) is 2. The average Bonchev–Trinajstić information content (AvgIpc) is 2.82. The summed E-state index contributed by atoms with van der Waals surface area (Å²) in [5.41, 5.74) is 1.38. The van der Waals surface area contributed by atoms with Crippen molar-refractivity contribution < 1.29 is 9.52 Å². The monoisotopic (exact) mass is 226 g/mol. The number of hydrogen-bond donors (Lipinski definition) is 1. The molecule has 0 amide bonds. The van der Waals surface area contributed by atoms with Crippen LogP contribution >= 0.6 is 0 Å². The third-order valence-electron chi connectivity index (χ3n) is 2.61. The van der Waals surface area contributed by atoms with E-state index in [0.29, 0.717) is 11.3 Å². The molecule has 0 aliphatic rings. The summed E-state index contributed by atoms with van der Waals surface area (Å²) in [6.07, 6.45) is 3.74. The Morgan fingerprint density at radius 3 is 2.65 bits per heavy atom. The minimum Gasteiger partial charge on any atom is -0.458 e. The molecular weight excluding hydrogens is 216 g/mol. The first-order chi connectivity index (χ1) is 8.34. The molecule has 17 heavy (non-hydrogen) atoms. The standard InChI is InChI=1S/C13H10N2O2/c16-13(10-6-14-8-15-7-10)12-5-9-3-1-2-4-11(9)17-12/h1-8,13,16H. The van der Waals surface area contributed by atoms with Gasteiger partial charge in [-0.05, 0) is 12.1 Å². The van der Waals surface area contributed by atoms with Crippen molar-refractivity contribution in [2.75, 3.05) is 0 Å². The molecule has 0 saturated heterocycles. The zero-order valence-electron chi connectivity index (χ0n) is 8.95. The molecule has 2 heterocycles. The second-order valence-corrected chi connectivity index (χ2v) is 3.76. The molecule has 0 radical (unpaired) electrons. The fraction of sp³-hybridized carbons (Fsp3) is 0.0769. The zero-order chi connectivity index (χ0) is 11.7. The van der Waals surface area contributed by atoms with Gasteiger partial charge in [0.05, 0.1) is 0 Å². The van der Waals surface area contributed by atoms with Gasteiger partial charge in [-0.3, -0.25) is 0 Å². The number of hydrogen-bond acceptors (Lipinski definition) is 4. The summed E-state index contributed by atoms with van der Waals surface area (Å²) in [7, 11) is 0. The third kappa shape index (κ3) is 1.79. The molecule has 0 aliphatic carbocycles. The number of furan rings is 1. The Morgan fingerprint density at radius 1 is 1.12 bits per heavy atom. The van der Waals surface area contributed by atoms with E-state index in [1.165, 1.54) is 6.33 Å². The molecular formula is C13H10N2O2. The Hall–Kier alpha value is -2.20. The van der Waals surface area contributed by atoms with Crippen LogP contribution in [0.5, 0.6) is 0 Å². The molecule has 3 aromatic rings. The molecule has 0 bridgehead atoms. The van der Waals surface area contributed by atoms with Gasteiger partial charge < -0.3 is 9.52 Å². The lowest BCUT2D eigenvalue weighted by atomic mass is 10.1. The van der Waals surface area contributed by atoms with E-state index in [1.54, 1.807) is 12.4 Å². The normalized spacial score (nSPS) is 12.8. The van der Waals surface area contributed by atoms with Gasteiger partial charge in [-0.15, -0.1) is 0 Å². The van der Waals surface area contributed by atoms with E-state index in [-0.39, 0.29) is 0 Å². The molecule has 1 aromatic carbocycles. The topological polar surface area (TPSA) is 59.2 Å². The highest BCUT2D eigenvalue weighted by Gasteiger charge is 2.15. The zero-order valence-corrected chi connectivity index (χ0v) is 8.95. The maximum Gasteiger partial charge on any atom is 0.140 e. The van der Waals surface area contributed by atoms with Gasteiger partial charge in [0.1, 0.15) is 23.8 Å². The highest BCUT2D eigenvalue weighted by molar-refractivity contribution is 5.77. The Bertz CT molecular complexity index is 601. The summed E-state index contributed by atoms with van der Waals surface area (Å²) in [6.45, 7) is 0. The van der Waals surface area contributed by atoms with Crippen LogP contribution in [-0.4, -0.2) is 15.1 Å². The van der Waals surface area contributed by atoms with Crippen LogP contribution < -0.4 is 0 Å². The molecule has 4 heteroatoms. The fourth-order valence-corrected chi connectivity index (χ4v) is 1.75. The Kier molecular flexibility index (Phi) is 2.34. The third-order valence-corrected chi connectivity index (χ3v) is 2.61. The Labute approximate surface area is 97.6 Å². The first kappa shape index (κ1) is 9.99. The lowest BCUT2D eigenvalue weighted by Gasteiger charge is -2.05. The van der Waals surface area contributed by atoms with Crippen molar-refractivity contribution in [2.45, 2.75) is 6.10 Å². The van der Waals surface area contributed by atoms with Gasteiger partial charge in [0.2, 0.25) is 0 Å². The smallest absolute Gasteiger partial charge is 0.140 e. The van der Waals surface area contributed by atoms with Gasteiger partial charge in [-0.25, -0.2) is 9.97 Å². The first-order valence-electron chi connectivity index (χ1n) is 5.26. The van der Waals surface area contributed by atoms with Crippen molar-refractivity contribution >= 4 is 11.0 Å². The fourth-order valence-electron chi connectivity index (χ4n) is 1.75. The highest BCUT2D eigenvalue weighted by atomic mass is 16.4. The molecule has 84 valence electrons. The minimum atomic E-state index is -0.830. The number of para-hydroxylation sites is 1. The van der Waals surface area contributed by atoms with Crippen molar-refractivity contribution in [3.05, 3.63) is 60.4 Å². The second-order valence-electron chi connectivity index (χ2n) is 3.76. The average molecular weight is 226 g/mol. The van der Waals surface area contributed by atoms with Crippen LogP contribution in [0.1, 0.15) is 17.4 Å². The van der Waals surface area contributed by atoms with Crippen molar-refractivity contribution in [2.24, 2.45) is 0 Å². The van der Waals surface area contributed by atoms with Crippen LogP contribution in [0.25, 0.3) is 11.0 Å². The van der Waals surface area contributed by atoms with Crippen LogP contribution in [-0.2, 0) is 0 Å². The van der Waals surface area contributed by atoms with E-state index in [4.69, 9.17) is 4.42 Å². The van der Waals surface area contributed by atoms with Crippen molar-refractivity contribution in [3.8, 4) is 0 Å². The van der Waals surface area contributed by atoms with Crippen LogP contribution in [0.2, 0.25) is 0 Å². The first-order valence-corrected chi connectivity index (χ1v) is 5.26. The lowest BCUT2D eigenvalue weighted by Crippen LogP contribution is -1.98. The van der Waals surface area contributed by atoms with E-state index in [0.717, 1.165) is 11.0 Å². The van der Waals surface area contributed by atoms with E-state index in [2.05, 4.69) is 9.97 Å². The van der Waals surface area contributed by atoms with Gasteiger partial charge in [0.15, 0.2) is 0 Å². The van der Waals surface area contributed by atoms with Crippen LogP contribution in [0, 0.1) is 0 Å². The Balaban J connectivity index is 2.04. The molecule has 4 nitrogen and oxygen atoms in total. The SMILES string of the molecule is OC(c1cncnc1)c1cc2ccccc2o1. The van der Waals surface area contributed by atoms with Gasteiger partial charge in [0, 0.05) is 23.3 Å². The van der Waals surface area contributed by atoms with E-state index in [9.17, 15) is 5.11 Å². The highest BCUT2D eigenvalue weighted by Crippen LogP contribution is 2.27. The number of aliphatic hydroxyl groups excluding tert-OH is 1. The molecule has 1 N–H and O–H groups in total. The quantitative estimate of drug-likeness (QED) is 0.728. The maximum atomic E-state index is 10.1. The summed E-state index contributed by atoms with van der Waals surface area (Å²) in [6, 6.07) is 9.46. The van der Waals surface area contributed by atoms with E-state index in [1.807, 2.05) is 30.3 Å². The lowest BCUT2D eigenvalue weighted by molar-refractivity contribution is 0.191. The van der Waals surface area contributed by atoms with E-state index < -0.39 is 6.10 Å². The summed E-state index contributed by atoms with van der Waals surface area (Å²) in [5.74, 6) is 0.501. The van der Waals surface area contributed by atoms with Gasteiger partial charge >= 0.3 is 0 Å². The molecule has 0 fully saturated rings. The summed E-state index contributed by atoms with van der Waals surface area (Å²) in [5, 5.41) is 11.1. The predicted molar refractivity (Wildman–Crippen MR) is 62.3 cm³/mol. The number of fused-ring (bicyclic) bond motifs is 1. The van der Waals surface area contributed by atoms with Crippen molar-refractivity contribution in [3.63, 3.8) is 0 Å². The number of aliphatic hydroxyl groups is 1. The van der Waals surface area contributed by atoms with Crippen molar-refractivity contribution in [1.29, 1.82) is 0 Å². The number of benzene rings is 1. The van der Waals surface area contributed by atoms with Crippen LogP contribution in [0.15, 0.2) is 53.5 Å². The predicted octanol–water partition coefficient (Wildman–Crippen LogP) is 2.30. The molecule has 0 spiro atoms.